The van der Waals surface area contributed by atoms with Crippen LogP contribution < -0.4 is 10.1 Å². The monoisotopic (exact) mass is 366 g/mol. The molecule has 2 heterocycles. The van der Waals surface area contributed by atoms with Gasteiger partial charge in [0.15, 0.2) is 17.6 Å². The number of aromatic nitrogens is 3. The number of benzene rings is 2. The first-order chi connectivity index (χ1) is 12.7. The summed E-state index contributed by atoms with van der Waals surface area (Å²) in [7, 11) is 0. The van der Waals surface area contributed by atoms with E-state index < -0.39 is 6.23 Å². The first-order valence-electron chi connectivity index (χ1n) is 7.96. The van der Waals surface area contributed by atoms with Gasteiger partial charge in [0.05, 0.1) is 17.4 Å². The Bertz CT molecular complexity index is 1040. The van der Waals surface area contributed by atoms with Gasteiger partial charge in [0, 0.05) is 17.4 Å². The van der Waals surface area contributed by atoms with Crippen LogP contribution in [-0.2, 0) is 0 Å². The molecule has 0 aliphatic rings. The highest BCUT2D eigenvalue weighted by molar-refractivity contribution is 6.30. The number of nitrogens with one attached hydrogen (secondary N) is 1. The van der Waals surface area contributed by atoms with E-state index in [1.54, 1.807) is 47.4 Å². The van der Waals surface area contributed by atoms with E-state index in [4.69, 9.17) is 16.3 Å². The lowest BCUT2D eigenvalue weighted by atomic mass is 10.2. The number of anilines is 1. The van der Waals surface area contributed by atoms with Crippen molar-refractivity contribution in [3.63, 3.8) is 0 Å². The molecule has 2 aromatic carbocycles. The van der Waals surface area contributed by atoms with Gasteiger partial charge in [0.1, 0.15) is 5.75 Å². The van der Waals surface area contributed by atoms with Crippen molar-refractivity contribution in [3.05, 3.63) is 83.8 Å². The number of para-hydroxylation sites is 1. The lowest BCUT2D eigenvalue weighted by Gasteiger charge is -2.17. The second-order valence-electron chi connectivity index (χ2n) is 5.59. The summed E-state index contributed by atoms with van der Waals surface area (Å²) >= 11 is 6.12. The van der Waals surface area contributed by atoms with Crippen molar-refractivity contribution in [2.45, 2.75) is 6.23 Å². The zero-order valence-corrected chi connectivity index (χ0v) is 14.3. The van der Waals surface area contributed by atoms with Crippen LogP contribution in [0.2, 0.25) is 5.02 Å². The minimum atomic E-state index is -1.03. The van der Waals surface area contributed by atoms with Crippen molar-refractivity contribution in [3.8, 4) is 11.5 Å². The van der Waals surface area contributed by atoms with Gasteiger partial charge < -0.3 is 15.2 Å². The highest BCUT2D eigenvalue weighted by atomic mass is 35.5. The zero-order chi connectivity index (χ0) is 17.9. The highest BCUT2D eigenvalue weighted by Gasteiger charge is 2.17. The Labute approximate surface area is 154 Å². The van der Waals surface area contributed by atoms with Gasteiger partial charge in [-0.15, -0.1) is 0 Å². The van der Waals surface area contributed by atoms with Gasteiger partial charge >= 0.3 is 0 Å². The quantitative estimate of drug-likeness (QED) is 0.516. The largest absolute Gasteiger partial charge is 0.455 e. The molecule has 7 heteroatoms. The van der Waals surface area contributed by atoms with E-state index in [1.807, 2.05) is 30.3 Å². The molecule has 0 radical (unpaired) electrons. The predicted octanol–water partition coefficient (Wildman–Crippen LogP) is 4.28. The Morgan fingerprint density at radius 1 is 1.12 bits per heavy atom. The first-order valence-corrected chi connectivity index (χ1v) is 8.34. The lowest BCUT2D eigenvalue weighted by molar-refractivity contribution is 0.209. The molecule has 6 nitrogen and oxygen atoms in total. The Hall–Kier alpha value is -3.09. The molecular weight excluding hydrogens is 352 g/mol. The zero-order valence-electron chi connectivity index (χ0n) is 13.6. The molecule has 4 rings (SSSR count). The van der Waals surface area contributed by atoms with E-state index in [0.29, 0.717) is 33.4 Å². The van der Waals surface area contributed by atoms with Crippen LogP contribution in [0.15, 0.2) is 73.2 Å². The molecule has 2 aromatic heterocycles. The van der Waals surface area contributed by atoms with Crippen LogP contribution in [0.3, 0.4) is 0 Å². The van der Waals surface area contributed by atoms with E-state index in [1.165, 1.54) is 0 Å². The summed E-state index contributed by atoms with van der Waals surface area (Å²) in [5, 5.41) is 18.4. The van der Waals surface area contributed by atoms with Crippen molar-refractivity contribution in [1.82, 2.24) is 14.6 Å². The fraction of sp³-hybridized carbons (Fsp3) is 0.0526. The summed E-state index contributed by atoms with van der Waals surface area (Å²) in [6.07, 6.45) is 3.96. The van der Waals surface area contributed by atoms with Gasteiger partial charge in [-0.1, -0.05) is 29.8 Å². The molecule has 130 valence electrons. The van der Waals surface area contributed by atoms with Gasteiger partial charge in [-0.25, -0.2) is 9.50 Å². The van der Waals surface area contributed by atoms with Crippen LogP contribution >= 0.6 is 11.6 Å². The number of nitrogens with zero attached hydrogens (tertiary/aromatic N) is 3. The number of halogens is 1. The van der Waals surface area contributed by atoms with Crippen LogP contribution in [0.1, 0.15) is 11.8 Å². The molecule has 0 spiro atoms. The topological polar surface area (TPSA) is 71.7 Å². The average molecular weight is 367 g/mol. The maximum atomic E-state index is 10.6. The summed E-state index contributed by atoms with van der Waals surface area (Å²) in [5.41, 5.74) is 1.68. The number of ether oxygens (including phenoxy) is 1. The molecule has 0 aliphatic carbocycles. The van der Waals surface area contributed by atoms with Crippen LogP contribution in [0.25, 0.3) is 5.65 Å². The van der Waals surface area contributed by atoms with E-state index in [0.717, 1.165) is 0 Å². The third-order valence-corrected chi connectivity index (χ3v) is 4.04. The number of hydrogen-bond donors (Lipinski definition) is 2. The maximum Gasteiger partial charge on any atom is 0.162 e. The third-order valence-electron chi connectivity index (χ3n) is 3.81. The number of fused-ring (bicyclic) bond motifs is 1. The third kappa shape index (κ3) is 3.33. The van der Waals surface area contributed by atoms with Gasteiger partial charge in [0.25, 0.3) is 0 Å². The number of aliphatic hydroxyl groups is 1. The van der Waals surface area contributed by atoms with Gasteiger partial charge in [0.2, 0.25) is 0 Å². The van der Waals surface area contributed by atoms with Crippen molar-refractivity contribution in [2.75, 3.05) is 5.32 Å². The average Bonchev–Trinajstić information content (AvgIpc) is 3.09. The molecule has 4 aromatic rings. The first kappa shape index (κ1) is 16.4. The summed E-state index contributed by atoms with van der Waals surface area (Å²) in [5.74, 6) is 1.23. The molecule has 0 fully saturated rings. The molecule has 2 N–H and O–H groups in total. The molecule has 0 bridgehead atoms. The summed E-state index contributed by atoms with van der Waals surface area (Å²) < 4.78 is 7.50. The molecule has 0 saturated carbocycles. The Morgan fingerprint density at radius 3 is 2.81 bits per heavy atom. The smallest absolute Gasteiger partial charge is 0.162 e. The molecule has 0 aliphatic heterocycles. The standard InChI is InChI=1S/C19H15ClN4O2/c20-13-7-8-17(26-14-5-2-1-3-6-14)16(11-13)23-19(25)15-12-22-24-10-4-9-21-18(15)24/h1-12,19,23,25H. The van der Waals surface area contributed by atoms with Gasteiger partial charge in [-0.3, -0.25) is 0 Å². The summed E-state index contributed by atoms with van der Waals surface area (Å²) in [6.45, 7) is 0. The van der Waals surface area contributed by atoms with Gasteiger partial charge in [-0.2, -0.15) is 5.10 Å². The fourth-order valence-electron chi connectivity index (χ4n) is 2.58. The van der Waals surface area contributed by atoms with Crippen molar-refractivity contribution in [1.29, 1.82) is 0 Å². The van der Waals surface area contributed by atoms with Crippen molar-refractivity contribution in [2.24, 2.45) is 0 Å². The Kier molecular flexibility index (Phi) is 4.43. The van der Waals surface area contributed by atoms with E-state index in [2.05, 4.69) is 15.4 Å². The molecule has 0 amide bonds. The maximum absolute atomic E-state index is 10.6. The minimum Gasteiger partial charge on any atom is -0.455 e. The number of rotatable bonds is 5. The summed E-state index contributed by atoms with van der Waals surface area (Å²) in [4.78, 5) is 4.25. The van der Waals surface area contributed by atoms with Crippen molar-refractivity contribution < 1.29 is 9.84 Å². The highest BCUT2D eigenvalue weighted by Crippen LogP contribution is 2.34. The molecule has 1 atom stereocenters. The number of hydrogen-bond acceptors (Lipinski definition) is 5. The minimum absolute atomic E-state index is 0.526. The fourth-order valence-corrected chi connectivity index (χ4v) is 2.76. The molecule has 26 heavy (non-hydrogen) atoms. The molecule has 1 unspecified atom stereocenters. The van der Waals surface area contributed by atoms with Crippen LogP contribution in [0, 0.1) is 0 Å². The lowest BCUT2D eigenvalue weighted by Crippen LogP contribution is -2.10. The molecule has 0 saturated heterocycles. The van der Waals surface area contributed by atoms with Crippen LogP contribution in [-0.4, -0.2) is 19.7 Å². The predicted molar refractivity (Wildman–Crippen MR) is 99.5 cm³/mol. The number of aliphatic hydroxyl groups excluding tert-OH is 1. The molecular formula is C19H15ClN4O2. The summed E-state index contributed by atoms with van der Waals surface area (Å²) in [6, 6.07) is 16.3. The SMILES string of the molecule is OC(Nc1cc(Cl)ccc1Oc1ccccc1)c1cnn2cccnc12. The van der Waals surface area contributed by atoms with Crippen LogP contribution in [0.5, 0.6) is 11.5 Å². The van der Waals surface area contributed by atoms with E-state index in [9.17, 15) is 5.11 Å². The van der Waals surface area contributed by atoms with Gasteiger partial charge in [-0.05, 0) is 36.4 Å². The second-order valence-corrected chi connectivity index (χ2v) is 6.03. The second kappa shape index (κ2) is 7.03. The van der Waals surface area contributed by atoms with Crippen LogP contribution in [0.4, 0.5) is 5.69 Å². The van der Waals surface area contributed by atoms with E-state index in [-0.39, 0.29) is 0 Å². The Balaban J connectivity index is 1.64. The van der Waals surface area contributed by atoms with Crippen molar-refractivity contribution >= 4 is 22.9 Å². The Morgan fingerprint density at radius 2 is 1.96 bits per heavy atom. The van der Waals surface area contributed by atoms with E-state index >= 15 is 0 Å². The normalized spacial score (nSPS) is 12.1.